The molecule has 0 radical (unpaired) electrons. The smallest absolute Gasteiger partial charge is 0.231 e. The Kier molecular flexibility index (Phi) is 4.65. The zero-order valence-electron chi connectivity index (χ0n) is 14.1. The molecule has 3 aromatic rings. The third kappa shape index (κ3) is 3.86. The number of fused-ring (bicyclic) bond motifs is 1. The molecule has 0 aliphatic carbocycles. The van der Waals surface area contributed by atoms with E-state index in [9.17, 15) is 9.18 Å². The highest BCUT2D eigenvalue weighted by Crippen LogP contribution is 2.35. The number of allylic oxidation sites excluding steroid dienone is 1. The second-order valence-corrected chi connectivity index (χ2v) is 6.50. The van der Waals surface area contributed by atoms with Crippen molar-refractivity contribution in [3.63, 3.8) is 0 Å². The first-order valence-electron chi connectivity index (χ1n) is 8.29. The largest absolute Gasteiger partial charge is 0.489 e. The van der Waals surface area contributed by atoms with Gasteiger partial charge in [0, 0.05) is 11.1 Å². The fourth-order valence-electron chi connectivity index (χ4n) is 2.71. The number of carbonyl (C=O) groups is 1. The first kappa shape index (κ1) is 17.3. The van der Waals surface area contributed by atoms with Crippen molar-refractivity contribution in [3.8, 4) is 11.5 Å². The minimum Gasteiger partial charge on any atom is -0.489 e. The third-order valence-corrected chi connectivity index (χ3v) is 4.38. The lowest BCUT2D eigenvalue weighted by Crippen LogP contribution is -1.98. The van der Waals surface area contributed by atoms with E-state index in [1.165, 1.54) is 12.1 Å². The molecule has 1 aliphatic heterocycles. The summed E-state index contributed by atoms with van der Waals surface area (Å²) >= 11 is 5.88. The molecule has 0 atom stereocenters. The van der Waals surface area contributed by atoms with Gasteiger partial charge in [-0.1, -0.05) is 35.9 Å². The lowest BCUT2D eigenvalue weighted by atomic mass is 10.1. The Morgan fingerprint density at radius 2 is 1.74 bits per heavy atom. The number of ether oxygens (including phenoxy) is 2. The summed E-state index contributed by atoms with van der Waals surface area (Å²) < 4.78 is 24.4. The lowest BCUT2D eigenvalue weighted by molar-refractivity contribution is 0.101. The maximum Gasteiger partial charge on any atom is 0.231 e. The van der Waals surface area contributed by atoms with Crippen LogP contribution in [0.2, 0.25) is 5.02 Å². The van der Waals surface area contributed by atoms with Crippen molar-refractivity contribution in [3.05, 3.63) is 100 Å². The van der Waals surface area contributed by atoms with E-state index in [-0.39, 0.29) is 17.4 Å². The van der Waals surface area contributed by atoms with Crippen LogP contribution in [0.5, 0.6) is 11.5 Å². The van der Waals surface area contributed by atoms with E-state index in [1.807, 2.05) is 12.1 Å². The molecule has 4 rings (SSSR count). The van der Waals surface area contributed by atoms with E-state index in [0.717, 1.165) is 11.1 Å². The maximum atomic E-state index is 12.9. The molecule has 3 nitrogen and oxygen atoms in total. The normalized spacial score (nSPS) is 14.1. The molecule has 27 heavy (non-hydrogen) atoms. The minimum absolute atomic E-state index is 0.176. The number of carbonyl (C=O) groups excluding carboxylic acids is 1. The van der Waals surface area contributed by atoms with E-state index in [4.69, 9.17) is 21.1 Å². The van der Waals surface area contributed by atoms with Gasteiger partial charge in [0.2, 0.25) is 5.78 Å². The van der Waals surface area contributed by atoms with E-state index in [2.05, 4.69) is 0 Å². The molecule has 0 saturated heterocycles. The Morgan fingerprint density at radius 3 is 2.48 bits per heavy atom. The number of ketones is 1. The van der Waals surface area contributed by atoms with Crippen LogP contribution in [-0.4, -0.2) is 5.78 Å². The average Bonchev–Trinajstić information content (AvgIpc) is 2.98. The van der Waals surface area contributed by atoms with Crippen LogP contribution in [0.25, 0.3) is 6.08 Å². The quantitative estimate of drug-likeness (QED) is 0.547. The van der Waals surface area contributed by atoms with Gasteiger partial charge in [0.25, 0.3) is 0 Å². The first-order valence-corrected chi connectivity index (χ1v) is 8.67. The highest BCUT2D eigenvalue weighted by atomic mass is 35.5. The minimum atomic E-state index is -0.289. The predicted molar refractivity (Wildman–Crippen MR) is 102 cm³/mol. The number of rotatable bonds is 4. The molecule has 0 amide bonds. The van der Waals surface area contributed by atoms with Crippen LogP contribution in [0.3, 0.4) is 0 Å². The standard InChI is InChI=1S/C22H14ClFO3/c23-16-5-1-14(2-6-16)11-21-22(25)19-10-9-18(12-20(19)27-21)26-13-15-3-7-17(24)8-4-15/h1-12H,13H2/b21-11-. The number of hydrogen-bond acceptors (Lipinski definition) is 3. The monoisotopic (exact) mass is 380 g/mol. The van der Waals surface area contributed by atoms with Gasteiger partial charge in [-0.05, 0) is 53.6 Å². The fraction of sp³-hybridized carbons (Fsp3) is 0.0455. The topological polar surface area (TPSA) is 35.5 Å². The summed E-state index contributed by atoms with van der Waals surface area (Å²) in [5.74, 6) is 0.812. The second-order valence-electron chi connectivity index (χ2n) is 6.06. The molecule has 0 N–H and O–H groups in total. The highest BCUT2D eigenvalue weighted by Gasteiger charge is 2.27. The van der Waals surface area contributed by atoms with E-state index >= 15 is 0 Å². The number of benzene rings is 3. The summed E-state index contributed by atoms with van der Waals surface area (Å²) in [6.45, 7) is 0.292. The molecule has 0 unspecified atom stereocenters. The van der Waals surface area contributed by atoms with Gasteiger partial charge in [-0.15, -0.1) is 0 Å². The maximum absolute atomic E-state index is 12.9. The summed E-state index contributed by atoms with van der Waals surface area (Å²) in [5, 5.41) is 0.627. The number of Topliss-reactive ketones (excluding diaryl/α,β-unsaturated/α-hetero) is 1. The fourth-order valence-corrected chi connectivity index (χ4v) is 2.84. The molecule has 0 spiro atoms. The van der Waals surface area contributed by atoms with E-state index in [0.29, 0.717) is 28.7 Å². The van der Waals surface area contributed by atoms with Crippen molar-refractivity contribution >= 4 is 23.5 Å². The molecular formula is C22H14ClFO3. The Hall–Kier alpha value is -3.11. The molecule has 5 heteroatoms. The number of hydrogen-bond donors (Lipinski definition) is 0. The molecule has 0 aromatic heterocycles. The van der Waals surface area contributed by atoms with E-state index in [1.54, 1.807) is 48.5 Å². The Bertz CT molecular complexity index is 1020. The molecule has 1 heterocycles. The van der Waals surface area contributed by atoms with Gasteiger partial charge in [0.15, 0.2) is 5.76 Å². The van der Waals surface area contributed by atoms with Gasteiger partial charge in [-0.25, -0.2) is 4.39 Å². The first-order chi connectivity index (χ1) is 13.1. The van der Waals surface area contributed by atoms with Crippen LogP contribution in [0.1, 0.15) is 21.5 Å². The Labute approximate surface area is 160 Å². The second kappa shape index (κ2) is 7.25. The summed E-state index contributed by atoms with van der Waals surface area (Å²) in [4.78, 5) is 12.5. The van der Waals surface area contributed by atoms with Crippen molar-refractivity contribution in [2.45, 2.75) is 6.61 Å². The molecule has 0 bridgehead atoms. The summed E-state index contributed by atoms with van der Waals surface area (Å²) in [6, 6.07) is 18.3. The van der Waals surface area contributed by atoms with Gasteiger partial charge < -0.3 is 9.47 Å². The van der Waals surface area contributed by atoms with Crippen molar-refractivity contribution < 1.29 is 18.7 Å². The molecule has 1 aliphatic rings. The Balaban J connectivity index is 1.50. The molecule has 0 saturated carbocycles. The third-order valence-electron chi connectivity index (χ3n) is 4.13. The molecular weight excluding hydrogens is 367 g/mol. The summed E-state index contributed by atoms with van der Waals surface area (Å²) in [5.41, 5.74) is 2.16. The van der Waals surface area contributed by atoms with Crippen LogP contribution in [-0.2, 0) is 6.61 Å². The van der Waals surface area contributed by atoms with Crippen molar-refractivity contribution in [1.82, 2.24) is 0 Å². The van der Waals surface area contributed by atoms with Gasteiger partial charge in [0.1, 0.15) is 23.9 Å². The molecule has 3 aromatic carbocycles. The zero-order valence-corrected chi connectivity index (χ0v) is 14.9. The highest BCUT2D eigenvalue weighted by molar-refractivity contribution is 6.30. The summed E-state index contributed by atoms with van der Waals surface area (Å²) in [7, 11) is 0. The lowest BCUT2D eigenvalue weighted by Gasteiger charge is -2.07. The van der Waals surface area contributed by atoms with Crippen LogP contribution >= 0.6 is 11.6 Å². The SMILES string of the molecule is O=C1/C(=C/c2ccc(Cl)cc2)Oc2cc(OCc3ccc(F)cc3)ccc21. The van der Waals surface area contributed by atoms with Crippen molar-refractivity contribution in [2.24, 2.45) is 0 Å². The van der Waals surface area contributed by atoms with Gasteiger partial charge in [-0.2, -0.15) is 0 Å². The average molecular weight is 381 g/mol. The molecule has 134 valence electrons. The predicted octanol–water partition coefficient (Wildman–Crippen LogP) is 5.67. The van der Waals surface area contributed by atoms with Crippen molar-refractivity contribution in [1.29, 1.82) is 0 Å². The zero-order chi connectivity index (χ0) is 18.8. The van der Waals surface area contributed by atoms with Crippen molar-refractivity contribution in [2.75, 3.05) is 0 Å². The van der Waals surface area contributed by atoms with Crippen LogP contribution in [0.4, 0.5) is 4.39 Å². The van der Waals surface area contributed by atoms with Gasteiger partial charge in [-0.3, -0.25) is 4.79 Å². The Morgan fingerprint density at radius 1 is 1.00 bits per heavy atom. The summed E-state index contributed by atoms with van der Waals surface area (Å²) in [6.07, 6.45) is 1.68. The van der Waals surface area contributed by atoms with Gasteiger partial charge in [0.05, 0.1) is 5.56 Å². The van der Waals surface area contributed by atoms with E-state index < -0.39 is 0 Å². The van der Waals surface area contributed by atoms with Crippen LogP contribution < -0.4 is 9.47 Å². The number of halogens is 2. The van der Waals surface area contributed by atoms with Crippen LogP contribution in [0.15, 0.2) is 72.5 Å². The molecule has 0 fully saturated rings. The van der Waals surface area contributed by atoms with Gasteiger partial charge >= 0.3 is 0 Å². The van der Waals surface area contributed by atoms with Crippen LogP contribution in [0, 0.1) is 5.82 Å².